The molecular weight excluding hydrogens is 332 g/mol. The van der Waals surface area contributed by atoms with Crippen molar-refractivity contribution >= 4 is 17.4 Å². The molecule has 0 amide bonds. The number of nitriles is 1. The normalized spacial score (nSPS) is 10.2. The summed E-state index contributed by atoms with van der Waals surface area (Å²) in [6.45, 7) is 0. The molecule has 0 radical (unpaired) electrons. The third kappa shape index (κ3) is 2.80. The van der Waals surface area contributed by atoms with Crippen LogP contribution in [0.15, 0.2) is 54.9 Å². The van der Waals surface area contributed by atoms with Crippen molar-refractivity contribution in [2.45, 2.75) is 0 Å². The molecule has 0 atom stereocenters. The number of para-hydroxylation sites is 1. The number of nitrogens with two attached hydrogens (primary N) is 1. The Morgan fingerprint density at radius 3 is 2.58 bits per heavy atom. The largest absolute Gasteiger partial charge is 0.464 e. The molecule has 0 saturated carbocycles. The Balaban J connectivity index is 2.23. The summed E-state index contributed by atoms with van der Waals surface area (Å²) in [5.74, 6) is -1.02. The van der Waals surface area contributed by atoms with E-state index in [1.165, 1.54) is 24.1 Å². The Labute approximate surface area is 149 Å². The molecule has 2 aromatic heterocycles. The number of rotatable bonds is 4. The van der Waals surface area contributed by atoms with E-state index in [1.807, 2.05) is 6.07 Å². The van der Waals surface area contributed by atoms with Gasteiger partial charge in [0.1, 0.15) is 11.8 Å². The fourth-order valence-corrected chi connectivity index (χ4v) is 2.62. The van der Waals surface area contributed by atoms with Crippen molar-refractivity contribution in [3.8, 4) is 11.8 Å². The molecule has 26 heavy (non-hydrogen) atoms. The van der Waals surface area contributed by atoms with Gasteiger partial charge in [-0.05, 0) is 24.3 Å². The number of carbonyl (C=O) groups is 2. The second-order valence-corrected chi connectivity index (χ2v) is 5.34. The van der Waals surface area contributed by atoms with Crippen LogP contribution in [0.2, 0.25) is 0 Å². The van der Waals surface area contributed by atoms with Crippen molar-refractivity contribution in [1.29, 1.82) is 5.26 Å². The third-order valence-corrected chi connectivity index (χ3v) is 3.85. The molecule has 128 valence electrons. The van der Waals surface area contributed by atoms with Crippen LogP contribution in [-0.4, -0.2) is 28.4 Å². The van der Waals surface area contributed by atoms with E-state index in [0.29, 0.717) is 11.3 Å². The second-order valence-electron chi connectivity index (χ2n) is 5.34. The number of esters is 1. The van der Waals surface area contributed by atoms with Gasteiger partial charge in [0.25, 0.3) is 0 Å². The van der Waals surface area contributed by atoms with Crippen LogP contribution in [0.4, 0.5) is 5.69 Å². The molecule has 1 aromatic carbocycles. The van der Waals surface area contributed by atoms with Crippen LogP contribution < -0.4 is 5.73 Å². The van der Waals surface area contributed by atoms with Crippen molar-refractivity contribution in [2.24, 2.45) is 0 Å². The molecule has 0 aliphatic rings. The summed E-state index contributed by atoms with van der Waals surface area (Å²) in [5, 5.41) is 9.24. The maximum absolute atomic E-state index is 12.9. The highest BCUT2D eigenvalue weighted by Gasteiger charge is 2.24. The van der Waals surface area contributed by atoms with Gasteiger partial charge in [-0.1, -0.05) is 18.2 Å². The zero-order chi connectivity index (χ0) is 18.7. The Kier molecular flexibility index (Phi) is 4.50. The predicted octanol–water partition coefficient (Wildman–Crippen LogP) is 2.34. The lowest BCUT2D eigenvalue weighted by atomic mass is 10.1. The van der Waals surface area contributed by atoms with Crippen molar-refractivity contribution < 1.29 is 14.3 Å². The summed E-state index contributed by atoms with van der Waals surface area (Å²) in [4.78, 5) is 29.1. The molecule has 3 aromatic rings. The number of methoxy groups -OCH3 is 1. The third-order valence-electron chi connectivity index (χ3n) is 3.85. The quantitative estimate of drug-likeness (QED) is 0.573. The minimum absolute atomic E-state index is 0.000520. The summed E-state index contributed by atoms with van der Waals surface area (Å²) in [6, 6.07) is 13.7. The molecule has 0 aliphatic heterocycles. The average Bonchev–Trinajstić information content (AvgIpc) is 3.03. The van der Waals surface area contributed by atoms with Gasteiger partial charge in [-0.25, -0.2) is 4.79 Å². The van der Waals surface area contributed by atoms with Crippen LogP contribution in [0, 0.1) is 11.3 Å². The number of benzene rings is 1. The average molecular weight is 346 g/mol. The molecule has 2 heterocycles. The minimum Gasteiger partial charge on any atom is -0.464 e. The number of nitrogen functional groups attached to an aromatic ring is 1. The minimum atomic E-state index is -0.705. The van der Waals surface area contributed by atoms with Gasteiger partial charge in [0.05, 0.1) is 24.0 Å². The Bertz CT molecular complexity index is 1030. The summed E-state index contributed by atoms with van der Waals surface area (Å²) >= 11 is 0. The lowest BCUT2D eigenvalue weighted by Gasteiger charge is -2.12. The Morgan fingerprint density at radius 2 is 1.92 bits per heavy atom. The van der Waals surface area contributed by atoms with Gasteiger partial charge in [0.15, 0.2) is 5.69 Å². The van der Waals surface area contributed by atoms with Gasteiger partial charge in [-0.2, -0.15) is 5.26 Å². The SMILES string of the molecule is COC(=O)c1c(N)c(C#N)cn1-c1ccccc1C(=O)c1ccccn1. The first kappa shape index (κ1) is 16.9. The highest BCUT2D eigenvalue weighted by molar-refractivity contribution is 6.10. The van der Waals surface area contributed by atoms with Crippen molar-refractivity contribution in [1.82, 2.24) is 9.55 Å². The maximum Gasteiger partial charge on any atom is 0.357 e. The molecule has 0 saturated heterocycles. The van der Waals surface area contributed by atoms with E-state index >= 15 is 0 Å². The standard InChI is InChI=1S/C19H14N4O3/c1-26-19(25)17-16(21)12(10-20)11-23(17)15-8-3-2-6-13(15)18(24)14-7-4-5-9-22-14/h2-9,11H,21H2,1H3. The Hall–Kier alpha value is -3.92. The highest BCUT2D eigenvalue weighted by atomic mass is 16.5. The predicted molar refractivity (Wildman–Crippen MR) is 93.9 cm³/mol. The topological polar surface area (TPSA) is 111 Å². The van der Waals surface area contributed by atoms with Gasteiger partial charge in [-0.15, -0.1) is 0 Å². The van der Waals surface area contributed by atoms with Crippen LogP contribution in [0.5, 0.6) is 0 Å². The zero-order valence-corrected chi connectivity index (χ0v) is 13.8. The van der Waals surface area contributed by atoms with E-state index in [-0.39, 0.29) is 28.4 Å². The van der Waals surface area contributed by atoms with Gasteiger partial charge < -0.3 is 15.0 Å². The molecule has 0 unspecified atom stereocenters. The van der Waals surface area contributed by atoms with E-state index in [9.17, 15) is 14.9 Å². The van der Waals surface area contributed by atoms with Crippen LogP contribution >= 0.6 is 0 Å². The van der Waals surface area contributed by atoms with E-state index in [2.05, 4.69) is 4.98 Å². The summed E-state index contributed by atoms with van der Waals surface area (Å²) < 4.78 is 6.17. The highest BCUT2D eigenvalue weighted by Crippen LogP contribution is 2.27. The lowest BCUT2D eigenvalue weighted by molar-refractivity contribution is 0.0592. The molecule has 7 nitrogen and oxygen atoms in total. The number of carbonyl (C=O) groups excluding carboxylic acids is 2. The summed E-state index contributed by atoms with van der Waals surface area (Å²) in [6.07, 6.45) is 2.93. The maximum atomic E-state index is 12.9. The summed E-state index contributed by atoms with van der Waals surface area (Å²) in [7, 11) is 1.22. The molecular formula is C19H14N4O3. The van der Waals surface area contributed by atoms with Crippen molar-refractivity contribution in [2.75, 3.05) is 12.8 Å². The van der Waals surface area contributed by atoms with E-state index in [1.54, 1.807) is 42.5 Å². The molecule has 0 bridgehead atoms. The molecule has 0 spiro atoms. The van der Waals surface area contributed by atoms with Gasteiger partial charge in [0.2, 0.25) is 5.78 Å². The zero-order valence-electron chi connectivity index (χ0n) is 13.8. The fraction of sp³-hybridized carbons (Fsp3) is 0.0526. The number of hydrogen-bond acceptors (Lipinski definition) is 6. The summed E-state index contributed by atoms with van der Waals surface area (Å²) in [5.41, 5.74) is 7.01. The molecule has 7 heteroatoms. The molecule has 0 fully saturated rings. The number of anilines is 1. The van der Waals surface area contributed by atoms with Crippen molar-refractivity contribution in [3.63, 3.8) is 0 Å². The second kappa shape index (κ2) is 6.91. The number of aromatic nitrogens is 2. The van der Waals surface area contributed by atoms with E-state index < -0.39 is 5.97 Å². The van der Waals surface area contributed by atoms with Gasteiger partial charge >= 0.3 is 5.97 Å². The fourth-order valence-electron chi connectivity index (χ4n) is 2.62. The first-order valence-corrected chi connectivity index (χ1v) is 7.62. The molecule has 0 aliphatic carbocycles. The van der Waals surface area contributed by atoms with Crippen LogP contribution in [0.3, 0.4) is 0 Å². The van der Waals surface area contributed by atoms with E-state index in [4.69, 9.17) is 10.5 Å². The Morgan fingerprint density at radius 1 is 1.19 bits per heavy atom. The van der Waals surface area contributed by atoms with Crippen molar-refractivity contribution in [3.05, 3.63) is 77.4 Å². The van der Waals surface area contributed by atoms with E-state index in [0.717, 1.165) is 0 Å². The van der Waals surface area contributed by atoms with Crippen LogP contribution in [-0.2, 0) is 4.74 Å². The first-order chi connectivity index (χ1) is 12.6. The smallest absolute Gasteiger partial charge is 0.357 e. The molecule has 3 rings (SSSR count). The monoisotopic (exact) mass is 346 g/mol. The van der Waals surface area contributed by atoms with Crippen LogP contribution in [0.25, 0.3) is 5.69 Å². The number of ketones is 1. The number of ether oxygens (including phenoxy) is 1. The number of nitrogens with zero attached hydrogens (tertiary/aromatic N) is 3. The lowest BCUT2D eigenvalue weighted by Crippen LogP contribution is -2.14. The number of pyridine rings is 1. The first-order valence-electron chi connectivity index (χ1n) is 7.62. The number of hydrogen-bond donors (Lipinski definition) is 1. The van der Waals surface area contributed by atoms with Gasteiger partial charge in [0, 0.05) is 18.0 Å². The molecule has 2 N–H and O–H groups in total. The van der Waals surface area contributed by atoms with Crippen LogP contribution in [0.1, 0.15) is 32.1 Å². The van der Waals surface area contributed by atoms with Gasteiger partial charge in [-0.3, -0.25) is 9.78 Å².